The molecule has 108 valence electrons. The van der Waals surface area contributed by atoms with Crippen LogP contribution in [0.5, 0.6) is 0 Å². The van der Waals surface area contributed by atoms with E-state index in [1.165, 1.54) is 0 Å². The standard InChI is InChI=1S/C14H18N2O4/c1-2-5-15(9-13(18)19)14(20)11-6-12(17)16(8-11)7-10-3-4-10/h1,10-11H,3-9H2,(H,18,19). The van der Waals surface area contributed by atoms with E-state index < -0.39 is 18.4 Å². The van der Waals surface area contributed by atoms with Gasteiger partial charge < -0.3 is 14.9 Å². The van der Waals surface area contributed by atoms with Crippen molar-refractivity contribution in [1.29, 1.82) is 0 Å². The van der Waals surface area contributed by atoms with Crippen LogP contribution >= 0.6 is 0 Å². The molecule has 1 aliphatic carbocycles. The fourth-order valence-corrected chi connectivity index (χ4v) is 2.47. The molecule has 0 aromatic rings. The number of likely N-dealkylation sites (tertiary alicyclic amines) is 1. The van der Waals surface area contributed by atoms with E-state index >= 15 is 0 Å². The van der Waals surface area contributed by atoms with Crippen molar-refractivity contribution in [1.82, 2.24) is 9.80 Å². The van der Waals surface area contributed by atoms with E-state index in [-0.39, 0.29) is 24.8 Å². The molecule has 6 heteroatoms. The van der Waals surface area contributed by atoms with E-state index in [9.17, 15) is 14.4 Å². The second kappa shape index (κ2) is 5.95. The minimum absolute atomic E-state index is 0.0220. The molecule has 2 amide bonds. The van der Waals surface area contributed by atoms with Crippen molar-refractivity contribution in [2.45, 2.75) is 19.3 Å². The van der Waals surface area contributed by atoms with Gasteiger partial charge in [0.15, 0.2) is 0 Å². The Labute approximate surface area is 117 Å². The predicted octanol–water partition coefficient (Wildman–Crippen LogP) is -0.209. The maximum absolute atomic E-state index is 12.3. The molecule has 20 heavy (non-hydrogen) atoms. The quantitative estimate of drug-likeness (QED) is 0.682. The summed E-state index contributed by atoms with van der Waals surface area (Å²) < 4.78 is 0. The van der Waals surface area contributed by atoms with Gasteiger partial charge in [-0.25, -0.2) is 0 Å². The van der Waals surface area contributed by atoms with Crippen molar-refractivity contribution in [3.8, 4) is 12.3 Å². The molecule has 1 saturated carbocycles. The Bertz CT molecular complexity index is 464. The molecule has 6 nitrogen and oxygen atoms in total. The van der Waals surface area contributed by atoms with Gasteiger partial charge in [0.05, 0.1) is 12.5 Å². The Balaban J connectivity index is 1.95. The average molecular weight is 278 g/mol. The largest absolute Gasteiger partial charge is 0.480 e. The predicted molar refractivity (Wildman–Crippen MR) is 70.5 cm³/mol. The number of carbonyl (C=O) groups is 3. The Morgan fingerprint density at radius 3 is 2.70 bits per heavy atom. The van der Waals surface area contributed by atoms with Crippen LogP contribution in [0.1, 0.15) is 19.3 Å². The summed E-state index contributed by atoms with van der Waals surface area (Å²) in [6.45, 7) is 0.639. The summed E-state index contributed by atoms with van der Waals surface area (Å²) in [4.78, 5) is 37.7. The van der Waals surface area contributed by atoms with Gasteiger partial charge in [0.2, 0.25) is 11.8 Å². The van der Waals surface area contributed by atoms with Gasteiger partial charge in [-0.1, -0.05) is 5.92 Å². The zero-order valence-electron chi connectivity index (χ0n) is 11.2. The summed E-state index contributed by atoms with van der Waals surface area (Å²) >= 11 is 0. The van der Waals surface area contributed by atoms with E-state index in [0.29, 0.717) is 12.5 Å². The number of amides is 2. The van der Waals surface area contributed by atoms with Crippen LogP contribution in [0.15, 0.2) is 0 Å². The van der Waals surface area contributed by atoms with Crippen LogP contribution in [-0.4, -0.2) is 58.9 Å². The highest BCUT2D eigenvalue weighted by Gasteiger charge is 2.38. The summed E-state index contributed by atoms with van der Waals surface area (Å²) in [5, 5.41) is 8.79. The first-order chi connectivity index (χ1) is 9.51. The molecule has 2 fully saturated rings. The SMILES string of the molecule is C#CCN(CC(=O)O)C(=O)C1CC(=O)N(CC2CC2)C1. The van der Waals surface area contributed by atoms with Crippen LogP contribution in [-0.2, 0) is 14.4 Å². The molecule has 0 aromatic carbocycles. The zero-order valence-corrected chi connectivity index (χ0v) is 11.2. The zero-order chi connectivity index (χ0) is 14.7. The molecular formula is C14H18N2O4. The maximum atomic E-state index is 12.3. The Morgan fingerprint density at radius 1 is 1.45 bits per heavy atom. The number of nitrogens with zero attached hydrogens (tertiary/aromatic N) is 2. The third-order valence-electron chi connectivity index (χ3n) is 3.66. The van der Waals surface area contributed by atoms with Gasteiger partial charge >= 0.3 is 5.97 Å². The minimum atomic E-state index is -1.10. The van der Waals surface area contributed by atoms with Crippen molar-refractivity contribution in [3.63, 3.8) is 0 Å². The average Bonchev–Trinajstić information content (AvgIpc) is 3.11. The third kappa shape index (κ3) is 3.50. The second-order valence-electron chi connectivity index (χ2n) is 5.44. The molecule has 1 unspecified atom stereocenters. The third-order valence-corrected chi connectivity index (χ3v) is 3.66. The number of carbonyl (C=O) groups excluding carboxylic acids is 2. The summed E-state index contributed by atoms with van der Waals surface area (Å²) in [7, 11) is 0. The first-order valence-electron chi connectivity index (χ1n) is 6.73. The lowest BCUT2D eigenvalue weighted by molar-refractivity contribution is -0.145. The van der Waals surface area contributed by atoms with Crippen molar-refractivity contribution in [2.75, 3.05) is 26.2 Å². The Morgan fingerprint density at radius 2 is 2.15 bits per heavy atom. The highest BCUT2D eigenvalue weighted by Crippen LogP contribution is 2.32. The lowest BCUT2D eigenvalue weighted by Gasteiger charge is -2.22. The number of carboxylic acids is 1. The van der Waals surface area contributed by atoms with Gasteiger partial charge in [-0.3, -0.25) is 14.4 Å². The van der Waals surface area contributed by atoms with E-state index in [1.807, 2.05) is 0 Å². The van der Waals surface area contributed by atoms with Gasteiger partial charge in [-0.15, -0.1) is 6.42 Å². The first-order valence-corrected chi connectivity index (χ1v) is 6.73. The molecule has 1 saturated heterocycles. The summed E-state index contributed by atoms with van der Waals surface area (Å²) in [6.07, 6.45) is 7.60. The van der Waals surface area contributed by atoms with Crippen molar-refractivity contribution in [3.05, 3.63) is 0 Å². The minimum Gasteiger partial charge on any atom is -0.480 e. The van der Waals surface area contributed by atoms with Crippen LogP contribution in [0.25, 0.3) is 0 Å². The molecular weight excluding hydrogens is 260 g/mol. The van der Waals surface area contributed by atoms with Crippen LogP contribution in [0.3, 0.4) is 0 Å². The number of hydrogen-bond acceptors (Lipinski definition) is 3. The van der Waals surface area contributed by atoms with Crippen LogP contribution < -0.4 is 0 Å². The second-order valence-corrected chi connectivity index (χ2v) is 5.44. The van der Waals surface area contributed by atoms with Crippen molar-refractivity contribution < 1.29 is 19.5 Å². The van der Waals surface area contributed by atoms with Gasteiger partial charge in [0, 0.05) is 19.5 Å². The maximum Gasteiger partial charge on any atom is 0.323 e. The summed E-state index contributed by atoms with van der Waals surface area (Å²) in [5.74, 6) is 0.937. The number of hydrogen-bond donors (Lipinski definition) is 1. The molecule has 0 bridgehead atoms. The number of aliphatic carboxylic acids is 1. The molecule has 2 rings (SSSR count). The molecule has 1 N–H and O–H groups in total. The van der Waals surface area contributed by atoms with E-state index in [2.05, 4.69) is 5.92 Å². The van der Waals surface area contributed by atoms with E-state index in [1.54, 1.807) is 4.90 Å². The van der Waals surface area contributed by atoms with Gasteiger partial charge in [-0.2, -0.15) is 0 Å². The number of terminal acetylenes is 1. The van der Waals surface area contributed by atoms with Gasteiger partial charge in [0.1, 0.15) is 6.54 Å². The number of carboxylic acid groups (broad SMARTS) is 1. The Kier molecular flexibility index (Phi) is 4.28. The molecule has 1 atom stereocenters. The van der Waals surface area contributed by atoms with Crippen LogP contribution in [0.2, 0.25) is 0 Å². The topological polar surface area (TPSA) is 77.9 Å². The summed E-state index contributed by atoms with van der Waals surface area (Å²) in [5.41, 5.74) is 0. The molecule has 1 aliphatic heterocycles. The lowest BCUT2D eigenvalue weighted by Crippen LogP contribution is -2.40. The normalized spacial score (nSPS) is 21.6. The highest BCUT2D eigenvalue weighted by atomic mass is 16.4. The first kappa shape index (κ1) is 14.4. The Hall–Kier alpha value is -2.03. The van der Waals surface area contributed by atoms with Gasteiger partial charge in [0.25, 0.3) is 0 Å². The molecule has 1 heterocycles. The van der Waals surface area contributed by atoms with Gasteiger partial charge in [-0.05, 0) is 18.8 Å². The molecule has 0 spiro atoms. The summed E-state index contributed by atoms with van der Waals surface area (Å²) in [6, 6.07) is 0. The number of rotatable bonds is 6. The van der Waals surface area contributed by atoms with Crippen molar-refractivity contribution >= 4 is 17.8 Å². The fraction of sp³-hybridized carbons (Fsp3) is 0.643. The smallest absolute Gasteiger partial charge is 0.323 e. The van der Waals surface area contributed by atoms with Crippen LogP contribution in [0, 0.1) is 24.2 Å². The van der Waals surface area contributed by atoms with E-state index in [4.69, 9.17) is 11.5 Å². The highest BCUT2D eigenvalue weighted by molar-refractivity contribution is 5.90. The molecule has 2 aliphatic rings. The molecule has 0 aromatic heterocycles. The molecule has 0 radical (unpaired) electrons. The van der Waals surface area contributed by atoms with Crippen LogP contribution in [0.4, 0.5) is 0 Å². The lowest BCUT2D eigenvalue weighted by atomic mass is 10.1. The van der Waals surface area contributed by atoms with Crippen molar-refractivity contribution in [2.24, 2.45) is 11.8 Å². The van der Waals surface area contributed by atoms with E-state index in [0.717, 1.165) is 24.3 Å². The fourth-order valence-electron chi connectivity index (χ4n) is 2.47. The monoisotopic (exact) mass is 278 g/mol.